The molecule has 1 aromatic heterocycles. The summed E-state index contributed by atoms with van der Waals surface area (Å²) in [5.74, 6) is -1.17. The van der Waals surface area contributed by atoms with Gasteiger partial charge in [0.2, 0.25) is 5.91 Å². The molecular weight excluding hydrogens is 288 g/mol. The van der Waals surface area contributed by atoms with Gasteiger partial charge in [-0.2, -0.15) is 0 Å². The summed E-state index contributed by atoms with van der Waals surface area (Å²) < 4.78 is 0.935. The van der Waals surface area contributed by atoms with Crippen LogP contribution in [0.3, 0.4) is 0 Å². The SMILES string of the molecule is O=C(O)CCCC(=O)Nc1c(Cl)ccc2scnc12. The van der Waals surface area contributed by atoms with Crippen LogP contribution < -0.4 is 5.32 Å². The van der Waals surface area contributed by atoms with Crippen molar-refractivity contribution in [2.75, 3.05) is 5.32 Å². The maximum absolute atomic E-state index is 11.7. The van der Waals surface area contributed by atoms with Crippen molar-refractivity contribution < 1.29 is 14.7 Å². The summed E-state index contributed by atoms with van der Waals surface area (Å²) in [6, 6.07) is 3.55. The lowest BCUT2D eigenvalue weighted by atomic mass is 10.2. The molecule has 1 heterocycles. The molecule has 19 heavy (non-hydrogen) atoms. The smallest absolute Gasteiger partial charge is 0.303 e. The number of nitrogens with zero attached hydrogens (tertiary/aromatic N) is 1. The third-order valence-electron chi connectivity index (χ3n) is 2.51. The molecule has 0 saturated carbocycles. The van der Waals surface area contributed by atoms with Gasteiger partial charge in [-0.05, 0) is 18.6 Å². The Kier molecular flexibility index (Phi) is 4.34. The van der Waals surface area contributed by atoms with Crippen LogP contribution in [-0.2, 0) is 9.59 Å². The van der Waals surface area contributed by atoms with Gasteiger partial charge in [-0.15, -0.1) is 11.3 Å². The van der Waals surface area contributed by atoms with Gasteiger partial charge in [0, 0.05) is 12.8 Å². The van der Waals surface area contributed by atoms with E-state index in [1.807, 2.05) is 6.07 Å². The third-order valence-corrected chi connectivity index (χ3v) is 3.62. The van der Waals surface area contributed by atoms with Crippen molar-refractivity contribution in [3.05, 3.63) is 22.7 Å². The number of carboxylic acids is 1. The van der Waals surface area contributed by atoms with E-state index in [-0.39, 0.29) is 18.7 Å². The maximum atomic E-state index is 11.7. The van der Waals surface area contributed by atoms with Crippen molar-refractivity contribution in [2.45, 2.75) is 19.3 Å². The Morgan fingerprint density at radius 2 is 2.16 bits per heavy atom. The van der Waals surface area contributed by atoms with Gasteiger partial charge in [-0.1, -0.05) is 11.6 Å². The molecular formula is C12H11ClN2O3S. The summed E-state index contributed by atoms with van der Waals surface area (Å²) in [7, 11) is 0. The first-order valence-electron chi connectivity index (χ1n) is 5.61. The van der Waals surface area contributed by atoms with E-state index in [9.17, 15) is 9.59 Å². The predicted molar refractivity (Wildman–Crippen MR) is 74.7 cm³/mol. The van der Waals surface area contributed by atoms with Gasteiger partial charge in [-0.3, -0.25) is 9.59 Å². The van der Waals surface area contributed by atoms with E-state index in [0.717, 1.165) is 4.70 Å². The number of nitrogens with one attached hydrogen (secondary N) is 1. The third kappa shape index (κ3) is 3.42. The lowest BCUT2D eigenvalue weighted by Crippen LogP contribution is -2.12. The fourth-order valence-corrected chi connectivity index (χ4v) is 2.51. The van der Waals surface area contributed by atoms with Crippen LogP contribution in [0.15, 0.2) is 17.6 Å². The summed E-state index contributed by atoms with van der Waals surface area (Å²) in [6.07, 6.45) is 0.414. The Hall–Kier alpha value is -1.66. The van der Waals surface area contributed by atoms with Gasteiger partial charge in [-0.25, -0.2) is 4.98 Å². The minimum atomic E-state index is -0.910. The minimum absolute atomic E-state index is 0.0257. The first-order chi connectivity index (χ1) is 9.08. The number of hydrogen-bond acceptors (Lipinski definition) is 4. The standard InChI is InChI=1S/C12H11ClN2O3S/c13-7-4-5-8-12(14-6-19-8)11(7)15-9(16)2-1-3-10(17)18/h4-6H,1-3H2,(H,15,16)(H,17,18). The van der Waals surface area contributed by atoms with Gasteiger partial charge in [0.05, 0.1) is 20.9 Å². The molecule has 0 aliphatic heterocycles. The zero-order valence-corrected chi connectivity index (χ0v) is 11.4. The number of aromatic nitrogens is 1. The first-order valence-corrected chi connectivity index (χ1v) is 6.87. The summed E-state index contributed by atoms with van der Waals surface area (Å²) in [5.41, 5.74) is 2.82. The molecule has 100 valence electrons. The number of carbonyl (C=O) groups is 2. The molecule has 7 heteroatoms. The van der Waals surface area contributed by atoms with Gasteiger partial charge in [0.15, 0.2) is 0 Å². The molecule has 0 radical (unpaired) electrons. The number of hydrogen-bond donors (Lipinski definition) is 2. The second kappa shape index (κ2) is 5.99. The van der Waals surface area contributed by atoms with Crippen molar-refractivity contribution in [1.82, 2.24) is 4.98 Å². The molecule has 5 nitrogen and oxygen atoms in total. The molecule has 2 N–H and O–H groups in total. The molecule has 0 unspecified atom stereocenters. The van der Waals surface area contributed by atoms with Gasteiger partial charge in [0.25, 0.3) is 0 Å². The van der Waals surface area contributed by atoms with Crippen LogP contribution in [0.2, 0.25) is 5.02 Å². The highest BCUT2D eigenvalue weighted by molar-refractivity contribution is 7.16. The number of carbonyl (C=O) groups excluding carboxylic acids is 1. The van der Waals surface area contributed by atoms with Gasteiger partial charge < -0.3 is 10.4 Å². The maximum Gasteiger partial charge on any atom is 0.303 e. The summed E-state index contributed by atoms with van der Waals surface area (Å²) in [4.78, 5) is 26.3. The quantitative estimate of drug-likeness (QED) is 0.888. The molecule has 0 saturated heterocycles. The molecule has 1 amide bonds. The Balaban J connectivity index is 2.08. The van der Waals surface area contributed by atoms with E-state index >= 15 is 0 Å². The van der Waals surface area contributed by atoms with Crippen LogP contribution in [-0.4, -0.2) is 22.0 Å². The van der Waals surface area contributed by atoms with Crippen LogP contribution in [0.4, 0.5) is 5.69 Å². The first kappa shape index (κ1) is 13.8. The molecule has 1 aromatic carbocycles. The summed E-state index contributed by atoms with van der Waals surface area (Å²) >= 11 is 7.50. The molecule has 2 rings (SSSR count). The van der Waals surface area contributed by atoms with Crippen molar-refractivity contribution in [3.8, 4) is 0 Å². The Morgan fingerprint density at radius 1 is 1.37 bits per heavy atom. The van der Waals surface area contributed by atoms with Crippen molar-refractivity contribution in [2.24, 2.45) is 0 Å². The number of carboxylic acid groups (broad SMARTS) is 1. The average molecular weight is 299 g/mol. The Bertz CT molecular complexity index is 626. The van der Waals surface area contributed by atoms with Gasteiger partial charge >= 0.3 is 5.97 Å². The number of aliphatic carboxylic acids is 1. The number of rotatable bonds is 5. The largest absolute Gasteiger partial charge is 0.481 e. The summed E-state index contributed by atoms with van der Waals surface area (Å²) in [5, 5.41) is 11.6. The number of thiazole rings is 1. The van der Waals surface area contributed by atoms with Crippen molar-refractivity contribution >= 4 is 50.7 Å². The molecule has 0 atom stereocenters. The van der Waals surface area contributed by atoms with Crippen LogP contribution in [0.1, 0.15) is 19.3 Å². The lowest BCUT2D eigenvalue weighted by Gasteiger charge is -2.07. The van der Waals surface area contributed by atoms with Crippen LogP contribution in [0, 0.1) is 0 Å². The number of benzene rings is 1. The lowest BCUT2D eigenvalue weighted by molar-refractivity contribution is -0.137. The molecule has 0 fully saturated rings. The van der Waals surface area contributed by atoms with E-state index in [0.29, 0.717) is 22.6 Å². The molecule has 0 bridgehead atoms. The van der Waals surface area contributed by atoms with E-state index in [1.54, 1.807) is 11.6 Å². The number of halogens is 1. The second-order valence-electron chi connectivity index (χ2n) is 3.92. The highest BCUT2D eigenvalue weighted by Crippen LogP contribution is 2.32. The molecule has 2 aromatic rings. The highest BCUT2D eigenvalue weighted by Gasteiger charge is 2.12. The molecule has 0 aliphatic carbocycles. The van der Waals surface area contributed by atoms with Crippen molar-refractivity contribution in [1.29, 1.82) is 0 Å². The number of fused-ring (bicyclic) bond motifs is 1. The Morgan fingerprint density at radius 3 is 2.89 bits per heavy atom. The van der Waals surface area contributed by atoms with Crippen LogP contribution >= 0.6 is 22.9 Å². The number of amides is 1. The highest BCUT2D eigenvalue weighted by atomic mass is 35.5. The van der Waals surface area contributed by atoms with Gasteiger partial charge in [0.1, 0.15) is 5.52 Å². The van der Waals surface area contributed by atoms with E-state index < -0.39 is 5.97 Å². The zero-order chi connectivity index (χ0) is 13.8. The predicted octanol–water partition coefficient (Wildman–Crippen LogP) is 3.14. The van der Waals surface area contributed by atoms with E-state index in [2.05, 4.69) is 10.3 Å². The van der Waals surface area contributed by atoms with Crippen LogP contribution in [0.5, 0.6) is 0 Å². The number of anilines is 1. The monoisotopic (exact) mass is 298 g/mol. The topological polar surface area (TPSA) is 79.3 Å². The second-order valence-corrected chi connectivity index (χ2v) is 5.21. The van der Waals surface area contributed by atoms with Crippen molar-refractivity contribution in [3.63, 3.8) is 0 Å². The van der Waals surface area contributed by atoms with Crippen LogP contribution in [0.25, 0.3) is 10.2 Å². The fraction of sp³-hybridized carbons (Fsp3) is 0.250. The fourth-order valence-electron chi connectivity index (χ4n) is 1.63. The summed E-state index contributed by atoms with van der Waals surface area (Å²) in [6.45, 7) is 0. The molecule has 0 aliphatic rings. The normalized spacial score (nSPS) is 10.6. The Labute approximate surface area is 118 Å². The average Bonchev–Trinajstić information content (AvgIpc) is 2.81. The minimum Gasteiger partial charge on any atom is -0.481 e. The van der Waals surface area contributed by atoms with E-state index in [1.165, 1.54) is 11.3 Å². The van der Waals surface area contributed by atoms with E-state index in [4.69, 9.17) is 16.7 Å². The molecule has 0 spiro atoms. The zero-order valence-electron chi connectivity index (χ0n) is 9.85.